The topological polar surface area (TPSA) is 49.5 Å². The quantitative estimate of drug-likeness (QED) is 0.392. The maximum absolute atomic E-state index is 12.9. The van der Waals surface area contributed by atoms with Crippen LogP contribution in [-0.4, -0.2) is 28.2 Å². The van der Waals surface area contributed by atoms with Gasteiger partial charge in [0.1, 0.15) is 0 Å². The molecule has 34 heavy (non-hydrogen) atoms. The Kier molecular flexibility index (Phi) is 5.78. The summed E-state index contributed by atoms with van der Waals surface area (Å²) >= 11 is 6.19. The standard InChI is InChI=1S/C25H24ClF3N3O2/c1-16(21-7-6-17(15-30-21)25(27,28)29)31-12-9-24(10-13-31)20-5-3-2-4-19(20)23(34-24)22-14-18(26)8-11-32(22)33/h2-8,11,14-16,23,33H,9-10,12-13H2,1H3/q+1. The van der Waals surface area contributed by atoms with Crippen molar-refractivity contribution in [3.63, 3.8) is 0 Å². The van der Waals surface area contributed by atoms with Gasteiger partial charge >= 0.3 is 6.18 Å². The lowest BCUT2D eigenvalue weighted by atomic mass is 9.83. The van der Waals surface area contributed by atoms with Gasteiger partial charge in [-0.25, -0.2) is 0 Å². The number of rotatable bonds is 3. The number of nitrogens with zero attached hydrogens (tertiary/aromatic N) is 3. The molecule has 0 aliphatic carbocycles. The lowest BCUT2D eigenvalue weighted by Crippen LogP contribution is -2.44. The van der Waals surface area contributed by atoms with E-state index in [0.717, 1.165) is 28.1 Å². The second kappa shape index (κ2) is 8.52. The molecule has 0 saturated carbocycles. The highest BCUT2D eigenvalue weighted by Crippen LogP contribution is 2.51. The van der Waals surface area contributed by atoms with Gasteiger partial charge in [-0.3, -0.25) is 15.1 Å². The monoisotopic (exact) mass is 490 g/mol. The average molecular weight is 491 g/mol. The highest BCUT2D eigenvalue weighted by Gasteiger charge is 2.50. The Morgan fingerprint density at radius 3 is 2.59 bits per heavy atom. The molecule has 9 heteroatoms. The van der Waals surface area contributed by atoms with Crippen LogP contribution in [-0.2, 0) is 16.5 Å². The summed E-state index contributed by atoms with van der Waals surface area (Å²) in [6.45, 7) is 3.35. The SMILES string of the molecule is CC(c1ccc(C(F)(F)F)cn1)N1CCC2(CC1)OC(c1cc(Cl)cc[n+]1O)c1ccccc12. The van der Waals surface area contributed by atoms with Gasteiger partial charge in [0.25, 0.3) is 5.69 Å². The van der Waals surface area contributed by atoms with Gasteiger partial charge in [-0.15, -0.1) is 0 Å². The molecule has 3 aromatic rings. The minimum Gasteiger partial charge on any atom is -0.351 e. The van der Waals surface area contributed by atoms with Crippen LogP contribution in [0.4, 0.5) is 13.2 Å². The molecule has 5 rings (SSSR count). The van der Waals surface area contributed by atoms with Crippen molar-refractivity contribution in [2.24, 2.45) is 0 Å². The molecule has 178 valence electrons. The predicted molar refractivity (Wildman–Crippen MR) is 118 cm³/mol. The number of alkyl halides is 3. The van der Waals surface area contributed by atoms with Gasteiger partial charge in [-0.2, -0.15) is 13.2 Å². The molecular formula is C25H24ClF3N3O2+. The Morgan fingerprint density at radius 1 is 1.18 bits per heavy atom. The van der Waals surface area contributed by atoms with Crippen LogP contribution in [0.5, 0.6) is 0 Å². The number of hydrogen-bond donors (Lipinski definition) is 1. The van der Waals surface area contributed by atoms with Crippen LogP contribution in [0.1, 0.15) is 60.0 Å². The molecule has 5 nitrogen and oxygen atoms in total. The minimum absolute atomic E-state index is 0.125. The van der Waals surface area contributed by atoms with E-state index in [1.807, 2.05) is 25.1 Å². The first-order chi connectivity index (χ1) is 16.2. The number of benzene rings is 1. The molecule has 0 bridgehead atoms. The van der Waals surface area contributed by atoms with Crippen molar-refractivity contribution in [3.05, 3.63) is 94.0 Å². The predicted octanol–water partition coefficient (Wildman–Crippen LogP) is 5.45. The molecular weight excluding hydrogens is 467 g/mol. The average Bonchev–Trinajstić information content (AvgIpc) is 3.14. The molecule has 2 aliphatic heterocycles. The summed E-state index contributed by atoms with van der Waals surface area (Å²) in [6, 6.07) is 13.7. The second-order valence-electron chi connectivity index (χ2n) is 8.88. The number of aromatic nitrogens is 2. The van der Waals surface area contributed by atoms with E-state index >= 15 is 0 Å². The van der Waals surface area contributed by atoms with Gasteiger partial charge in [0.2, 0.25) is 6.20 Å². The maximum Gasteiger partial charge on any atom is 0.417 e. The number of ether oxygens (including phenoxy) is 1. The fourth-order valence-electron chi connectivity index (χ4n) is 5.06. The molecule has 2 aromatic heterocycles. The lowest BCUT2D eigenvalue weighted by molar-refractivity contribution is -0.911. The molecule has 2 unspecified atom stereocenters. The second-order valence-corrected chi connectivity index (χ2v) is 9.31. The zero-order chi connectivity index (χ0) is 24.1. The molecule has 0 amide bonds. The molecule has 1 N–H and O–H groups in total. The Bertz CT molecular complexity index is 1190. The van der Waals surface area contributed by atoms with Gasteiger partial charge in [-0.05, 0) is 43.0 Å². The molecule has 1 saturated heterocycles. The summed E-state index contributed by atoms with van der Waals surface area (Å²) in [5.41, 5.74) is 2.00. The first kappa shape index (κ1) is 23.1. The van der Waals surface area contributed by atoms with Crippen LogP contribution in [0.2, 0.25) is 5.02 Å². The van der Waals surface area contributed by atoms with Gasteiger partial charge in [0.15, 0.2) is 6.10 Å². The summed E-state index contributed by atoms with van der Waals surface area (Å²) in [7, 11) is 0. The molecule has 2 aliphatic rings. The zero-order valence-electron chi connectivity index (χ0n) is 18.5. The van der Waals surface area contributed by atoms with E-state index in [4.69, 9.17) is 16.3 Å². The van der Waals surface area contributed by atoms with Crippen LogP contribution in [0.15, 0.2) is 60.9 Å². The van der Waals surface area contributed by atoms with Crippen LogP contribution >= 0.6 is 11.6 Å². The van der Waals surface area contributed by atoms with Gasteiger partial charge in [0, 0.05) is 42.2 Å². The van der Waals surface area contributed by atoms with E-state index in [1.165, 1.54) is 12.3 Å². The fourth-order valence-corrected chi connectivity index (χ4v) is 5.23. The van der Waals surface area contributed by atoms with Crippen molar-refractivity contribution in [2.75, 3.05) is 13.1 Å². The van der Waals surface area contributed by atoms with Crippen molar-refractivity contribution < 1.29 is 27.8 Å². The van der Waals surface area contributed by atoms with Crippen molar-refractivity contribution in [1.29, 1.82) is 0 Å². The van der Waals surface area contributed by atoms with Gasteiger partial charge in [-0.1, -0.05) is 35.9 Å². The third-order valence-corrected chi connectivity index (χ3v) is 7.20. The van der Waals surface area contributed by atoms with Crippen molar-refractivity contribution >= 4 is 11.6 Å². The van der Waals surface area contributed by atoms with Crippen LogP contribution in [0, 0.1) is 0 Å². The van der Waals surface area contributed by atoms with E-state index in [0.29, 0.717) is 42.3 Å². The van der Waals surface area contributed by atoms with E-state index in [9.17, 15) is 18.4 Å². The number of likely N-dealkylation sites (tertiary alicyclic amines) is 1. The smallest absolute Gasteiger partial charge is 0.351 e. The third-order valence-electron chi connectivity index (χ3n) is 6.97. The van der Waals surface area contributed by atoms with Gasteiger partial charge in [0.05, 0.1) is 21.9 Å². The first-order valence-corrected chi connectivity index (χ1v) is 11.5. The van der Waals surface area contributed by atoms with E-state index in [1.54, 1.807) is 12.1 Å². The highest BCUT2D eigenvalue weighted by molar-refractivity contribution is 6.30. The van der Waals surface area contributed by atoms with Crippen LogP contribution in [0.25, 0.3) is 0 Å². The summed E-state index contributed by atoms with van der Waals surface area (Å²) in [5, 5.41) is 10.9. The van der Waals surface area contributed by atoms with Crippen molar-refractivity contribution in [1.82, 2.24) is 9.88 Å². The molecule has 1 fully saturated rings. The summed E-state index contributed by atoms with van der Waals surface area (Å²) in [6.07, 6.45) is -1.05. The first-order valence-electron chi connectivity index (χ1n) is 11.1. The fraction of sp³-hybridized carbons (Fsp3) is 0.360. The zero-order valence-corrected chi connectivity index (χ0v) is 19.2. The molecule has 1 spiro atoms. The summed E-state index contributed by atoms with van der Waals surface area (Å²) in [5.74, 6) is 0. The molecule has 0 radical (unpaired) electrons. The van der Waals surface area contributed by atoms with Crippen molar-refractivity contribution in [2.45, 2.75) is 43.7 Å². The minimum atomic E-state index is -4.40. The van der Waals surface area contributed by atoms with Crippen LogP contribution < -0.4 is 4.73 Å². The van der Waals surface area contributed by atoms with E-state index in [2.05, 4.69) is 16.0 Å². The number of hydrogen-bond acceptors (Lipinski definition) is 4. The molecule has 4 heterocycles. The summed E-state index contributed by atoms with van der Waals surface area (Å²) < 4.78 is 46.3. The Labute approximate surface area is 200 Å². The van der Waals surface area contributed by atoms with Gasteiger partial charge < -0.3 is 4.74 Å². The number of pyridine rings is 2. The Morgan fingerprint density at radius 2 is 1.91 bits per heavy atom. The maximum atomic E-state index is 12.9. The van der Waals surface area contributed by atoms with Crippen LogP contribution in [0.3, 0.4) is 0 Å². The van der Waals surface area contributed by atoms with E-state index in [-0.39, 0.29) is 6.04 Å². The molecule has 1 aromatic carbocycles. The Hall–Kier alpha value is -2.68. The Balaban J connectivity index is 1.36. The van der Waals surface area contributed by atoms with Crippen molar-refractivity contribution in [3.8, 4) is 0 Å². The number of piperidine rings is 1. The van der Waals surface area contributed by atoms with E-state index < -0.39 is 23.4 Å². The summed E-state index contributed by atoms with van der Waals surface area (Å²) in [4.78, 5) is 6.29. The number of halogens is 4. The molecule has 2 atom stereocenters. The number of fused-ring (bicyclic) bond motifs is 2. The lowest BCUT2D eigenvalue weighted by Gasteiger charge is -2.41. The normalized spacial score (nSPS) is 20.9. The third kappa shape index (κ3) is 4.04. The largest absolute Gasteiger partial charge is 0.417 e. The highest BCUT2D eigenvalue weighted by atomic mass is 35.5.